The molecule has 2 heterocycles. The van der Waals surface area contributed by atoms with Gasteiger partial charge < -0.3 is 18.9 Å². The van der Waals surface area contributed by atoms with Crippen LogP contribution >= 0.6 is 11.6 Å². The van der Waals surface area contributed by atoms with E-state index in [1.54, 1.807) is 18.2 Å². The number of amides is 4. The van der Waals surface area contributed by atoms with Crippen molar-refractivity contribution in [2.75, 3.05) is 18.3 Å². The molecule has 0 spiro atoms. The Bertz CT molecular complexity index is 1480. The molecule has 0 aromatic heterocycles. The number of hydrogen-bond donors (Lipinski definition) is 1. The number of carbonyl (C=O) groups is 3. The highest BCUT2D eigenvalue weighted by molar-refractivity contribution is 6.39. The first-order valence-corrected chi connectivity index (χ1v) is 12.2. The number of nitrogens with zero attached hydrogens (tertiary/aromatic N) is 1. The van der Waals surface area contributed by atoms with Gasteiger partial charge in [0.2, 0.25) is 6.79 Å². The van der Waals surface area contributed by atoms with Crippen molar-refractivity contribution in [1.29, 1.82) is 0 Å². The standard InChI is InChI=1S/C28H23ClN2O7/c1-3-35-24-12-18(11-21(29)25(24)36-14-17-6-4-5-16(2)9-17)10-20-26(32)30-28(34)31(27(20)33)19-7-8-22-23(13-19)38-15-37-22/h4-13H,3,14-15H2,1-2H3,(H,30,32,34)/b20-10+. The lowest BCUT2D eigenvalue weighted by molar-refractivity contribution is -0.122. The zero-order valence-corrected chi connectivity index (χ0v) is 21.3. The molecule has 0 radical (unpaired) electrons. The van der Waals surface area contributed by atoms with Crippen molar-refractivity contribution in [3.8, 4) is 23.0 Å². The van der Waals surface area contributed by atoms with Crippen LogP contribution in [0.3, 0.4) is 0 Å². The predicted octanol–water partition coefficient (Wildman–Crippen LogP) is 5.02. The third-order valence-corrected chi connectivity index (χ3v) is 6.11. The molecule has 0 bridgehead atoms. The summed E-state index contributed by atoms with van der Waals surface area (Å²) in [6, 6.07) is 14.8. The second-order valence-corrected chi connectivity index (χ2v) is 8.94. The minimum atomic E-state index is -0.871. The van der Waals surface area contributed by atoms with E-state index in [-0.39, 0.29) is 29.7 Å². The summed E-state index contributed by atoms with van der Waals surface area (Å²) in [5.41, 5.74) is 2.46. The van der Waals surface area contributed by atoms with Crippen molar-refractivity contribution in [2.24, 2.45) is 0 Å². The maximum Gasteiger partial charge on any atom is 0.335 e. The van der Waals surface area contributed by atoms with Gasteiger partial charge in [0.05, 0.1) is 17.3 Å². The molecule has 2 aliphatic rings. The van der Waals surface area contributed by atoms with Gasteiger partial charge >= 0.3 is 6.03 Å². The summed E-state index contributed by atoms with van der Waals surface area (Å²) >= 11 is 6.55. The third kappa shape index (κ3) is 5.01. The molecule has 0 aliphatic carbocycles. The first kappa shape index (κ1) is 25.2. The normalized spacial score (nSPS) is 15.6. The van der Waals surface area contributed by atoms with Crippen molar-refractivity contribution >= 4 is 41.2 Å². The molecular weight excluding hydrogens is 512 g/mol. The van der Waals surface area contributed by atoms with E-state index in [9.17, 15) is 14.4 Å². The topological polar surface area (TPSA) is 103 Å². The molecule has 4 amide bonds. The average molecular weight is 535 g/mol. The average Bonchev–Trinajstić information content (AvgIpc) is 3.34. The van der Waals surface area contributed by atoms with Crippen LogP contribution in [0.5, 0.6) is 23.0 Å². The van der Waals surface area contributed by atoms with E-state index >= 15 is 0 Å². The van der Waals surface area contributed by atoms with Crippen molar-refractivity contribution in [3.63, 3.8) is 0 Å². The number of rotatable bonds is 7. The second-order valence-electron chi connectivity index (χ2n) is 8.54. The summed E-state index contributed by atoms with van der Waals surface area (Å²) in [5, 5.41) is 2.44. The van der Waals surface area contributed by atoms with E-state index in [0.717, 1.165) is 16.0 Å². The SMILES string of the molecule is CCOc1cc(/C=C2\C(=O)NC(=O)N(c3ccc4c(c3)OCO4)C2=O)cc(Cl)c1OCc1cccc(C)c1. The molecule has 38 heavy (non-hydrogen) atoms. The Morgan fingerprint density at radius 3 is 2.63 bits per heavy atom. The Hall–Kier alpha value is -4.50. The minimum Gasteiger partial charge on any atom is -0.490 e. The number of hydrogen-bond acceptors (Lipinski definition) is 7. The van der Waals surface area contributed by atoms with Crippen LogP contribution in [-0.4, -0.2) is 31.2 Å². The number of halogens is 1. The van der Waals surface area contributed by atoms with E-state index in [0.29, 0.717) is 35.2 Å². The van der Waals surface area contributed by atoms with Gasteiger partial charge in [-0.05, 0) is 55.3 Å². The number of carbonyl (C=O) groups excluding carboxylic acids is 3. The molecule has 194 valence electrons. The van der Waals surface area contributed by atoms with E-state index in [2.05, 4.69) is 5.32 Å². The van der Waals surface area contributed by atoms with Crippen LogP contribution in [0.25, 0.3) is 6.08 Å². The number of ether oxygens (including phenoxy) is 4. The predicted molar refractivity (Wildman–Crippen MR) is 140 cm³/mol. The van der Waals surface area contributed by atoms with Gasteiger partial charge in [0.1, 0.15) is 12.2 Å². The van der Waals surface area contributed by atoms with Crippen LogP contribution < -0.4 is 29.2 Å². The number of aryl methyl sites for hydroxylation is 1. The Balaban J connectivity index is 1.45. The Morgan fingerprint density at radius 2 is 1.84 bits per heavy atom. The quantitative estimate of drug-likeness (QED) is 0.335. The van der Waals surface area contributed by atoms with E-state index in [4.69, 9.17) is 30.5 Å². The molecule has 3 aromatic rings. The molecule has 0 unspecified atom stereocenters. The van der Waals surface area contributed by atoms with Gasteiger partial charge in [-0.2, -0.15) is 0 Å². The van der Waals surface area contributed by atoms with Crippen LogP contribution in [0.15, 0.2) is 60.2 Å². The smallest absolute Gasteiger partial charge is 0.335 e. The molecule has 9 nitrogen and oxygen atoms in total. The third-order valence-electron chi connectivity index (χ3n) is 5.82. The maximum absolute atomic E-state index is 13.3. The number of anilines is 1. The van der Waals surface area contributed by atoms with Crippen molar-refractivity contribution in [2.45, 2.75) is 20.5 Å². The summed E-state index contributed by atoms with van der Waals surface area (Å²) in [7, 11) is 0. The number of imide groups is 2. The first-order valence-electron chi connectivity index (χ1n) is 11.8. The van der Waals surface area contributed by atoms with E-state index in [1.165, 1.54) is 18.2 Å². The molecule has 2 aliphatic heterocycles. The Labute approximate surface area is 223 Å². The van der Waals surface area contributed by atoms with Gasteiger partial charge in [-0.15, -0.1) is 0 Å². The Morgan fingerprint density at radius 1 is 1.03 bits per heavy atom. The lowest BCUT2D eigenvalue weighted by atomic mass is 10.1. The Kier molecular flexibility index (Phi) is 6.93. The fourth-order valence-electron chi connectivity index (χ4n) is 4.11. The lowest BCUT2D eigenvalue weighted by Crippen LogP contribution is -2.54. The van der Waals surface area contributed by atoms with Gasteiger partial charge in [-0.1, -0.05) is 41.4 Å². The largest absolute Gasteiger partial charge is 0.490 e. The minimum absolute atomic E-state index is 0.0379. The monoisotopic (exact) mass is 534 g/mol. The van der Waals surface area contributed by atoms with Gasteiger partial charge in [0.25, 0.3) is 11.8 Å². The van der Waals surface area contributed by atoms with Crippen LogP contribution in [0.4, 0.5) is 10.5 Å². The summed E-state index contributed by atoms with van der Waals surface area (Å²) < 4.78 is 22.4. The highest BCUT2D eigenvalue weighted by Gasteiger charge is 2.37. The lowest BCUT2D eigenvalue weighted by Gasteiger charge is -2.26. The van der Waals surface area contributed by atoms with Gasteiger partial charge in [0, 0.05) is 6.07 Å². The van der Waals surface area contributed by atoms with E-state index in [1.807, 2.05) is 38.1 Å². The number of fused-ring (bicyclic) bond motifs is 1. The summed E-state index contributed by atoms with van der Waals surface area (Å²) in [6.45, 7) is 4.46. The molecule has 5 rings (SSSR count). The van der Waals surface area contributed by atoms with Crippen molar-refractivity contribution < 1.29 is 33.3 Å². The summed E-state index contributed by atoms with van der Waals surface area (Å²) in [6.07, 6.45) is 1.35. The van der Waals surface area contributed by atoms with Crippen LogP contribution in [-0.2, 0) is 16.2 Å². The number of urea groups is 1. The second kappa shape index (κ2) is 10.5. The fraction of sp³-hybridized carbons (Fsp3) is 0.179. The summed E-state index contributed by atoms with van der Waals surface area (Å²) in [5.74, 6) is -0.0499. The molecule has 0 atom stereocenters. The van der Waals surface area contributed by atoms with E-state index < -0.39 is 17.8 Å². The zero-order chi connectivity index (χ0) is 26.8. The molecule has 1 N–H and O–H groups in total. The maximum atomic E-state index is 13.3. The van der Waals surface area contributed by atoms with Crippen molar-refractivity contribution in [3.05, 3.63) is 81.9 Å². The molecular formula is C28H23ClN2O7. The van der Waals surface area contributed by atoms with Crippen molar-refractivity contribution in [1.82, 2.24) is 5.32 Å². The molecule has 3 aromatic carbocycles. The number of barbiturate groups is 1. The first-order chi connectivity index (χ1) is 18.3. The van der Waals surface area contributed by atoms with Crippen LogP contribution in [0, 0.1) is 6.92 Å². The highest BCUT2D eigenvalue weighted by atomic mass is 35.5. The van der Waals surface area contributed by atoms with Gasteiger partial charge in [-0.3, -0.25) is 14.9 Å². The molecule has 1 fully saturated rings. The fourth-order valence-corrected chi connectivity index (χ4v) is 4.39. The molecule has 10 heteroatoms. The van der Waals surface area contributed by atoms with Gasteiger partial charge in [-0.25, -0.2) is 9.69 Å². The number of benzene rings is 3. The highest BCUT2D eigenvalue weighted by Crippen LogP contribution is 2.39. The number of nitrogens with one attached hydrogen (secondary N) is 1. The van der Waals surface area contributed by atoms with Crippen LogP contribution in [0.1, 0.15) is 23.6 Å². The summed E-state index contributed by atoms with van der Waals surface area (Å²) in [4.78, 5) is 39.4. The molecule has 0 saturated carbocycles. The molecule has 1 saturated heterocycles. The van der Waals surface area contributed by atoms with Crippen LogP contribution in [0.2, 0.25) is 5.02 Å². The van der Waals surface area contributed by atoms with Gasteiger partial charge in [0.15, 0.2) is 23.0 Å². The zero-order valence-electron chi connectivity index (χ0n) is 20.6.